The minimum atomic E-state index is -0.0866. The maximum atomic E-state index is 11.9. The number of aryl methyl sites for hydroxylation is 1. The largest absolute Gasteiger partial charge is 0.454 e. The zero-order valence-corrected chi connectivity index (χ0v) is 18.2. The van der Waals surface area contributed by atoms with Gasteiger partial charge in [-0.1, -0.05) is 6.07 Å². The molecule has 2 aromatic carbocycles. The SMILES string of the molecule is Cn1cc(-c2ccc3[nH]c(C4CCOCC4)nc3c2Oc2cccc(NC=O)c2)ccc1=O. The van der Waals surface area contributed by atoms with Gasteiger partial charge in [-0.05, 0) is 43.2 Å². The van der Waals surface area contributed by atoms with Crippen LogP contribution in [0.15, 0.2) is 59.5 Å². The van der Waals surface area contributed by atoms with Crippen LogP contribution in [0.3, 0.4) is 0 Å². The Morgan fingerprint density at radius 1 is 1.18 bits per heavy atom. The molecule has 3 heterocycles. The minimum Gasteiger partial charge on any atom is -0.454 e. The number of carbonyl (C=O) groups is 1. The molecule has 0 unspecified atom stereocenters. The van der Waals surface area contributed by atoms with Crippen molar-refractivity contribution in [1.82, 2.24) is 14.5 Å². The number of benzene rings is 2. The van der Waals surface area contributed by atoms with Crippen molar-refractivity contribution in [2.45, 2.75) is 18.8 Å². The third-order valence-electron chi connectivity index (χ3n) is 5.91. The number of imidazole rings is 1. The summed E-state index contributed by atoms with van der Waals surface area (Å²) in [5, 5.41) is 2.65. The first-order chi connectivity index (χ1) is 16.1. The summed E-state index contributed by atoms with van der Waals surface area (Å²) in [5.74, 6) is 2.38. The van der Waals surface area contributed by atoms with Crippen molar-refractivity contribution in [3.63, 3.8) is 0 Å². The molecule has 0 aliphatic carbocycles. The summed E-state index contributed by atoms with van der Waals surface area (Å²) in [4.78, 5) is 31.2. The van der Waals surface area contributed by atoms with Crippen LogP contribution in [0.4, 0.5) is 5.69 Å². The molecule has 1 aliphatic rings. The van der Waals surface area contributed by atoms with Crippen LogP contribution in [-0.2, 0) is 16.6 Å². The highest BCUT2D eigenvalue weighted by Gasteiger charge is 2.22. The third-order valence-corrected chi connectivity index (χ3v) is 5.91. The lowest BCUT2D eigenvalue weighted by atomic mass is 10.00. The van der Waals surface area contributed by atoms with E-state index in [2.05, 4.69) is 10.3 Å². The van der Waals surface area contributed by atoms with Crippen LogP contribution < -0.4 is 15.6 Å². The van der Waals surface area contributed by atoms with Crippen LogP contribution >= 0.6 is 0 Å². The van der Waals surface area contributed by atoms with Gasteiger partial charge in [-0.2, -0.15) is 0 Å². The Balaban J connectivity index is 1.65. The predicted octanol–water partition coefficient (Wildman–Crippen LogP) is 4.18. The fourth-order valence-electron chi connectivity index (χ4n) is 4.15. The molecule has 0 bridgehead atoms. The van der Waals surface area contributed by atoms with Crippen molar-refractivity contribution >= 4 is 23.1 Å². The number of aromatic nitrogens is 3. The van der Waals surface area contributed by atoms with Gasteiger partial charge in [0, 0.05) is 61.3 Å². The molecule has 1 aliphatic heterocycles. The Labute approximate surface area is 190 Å². The van der Waals surface area contributed by atoms with Gasteiger partial charge in [0.1, 0.15) is 17.1 Å². The molecule has 0 saturated carbocycles. The molecular formula is C25H24N4O4. The van der Waals surface area contributed by atoms with Gasteiger partial charge in [-0.3, -0.25) is 9.59 Å². The molecule has 1 fully saturated rings. The number of carbonyl (C=O) groups excluding carboxylic acids is 1. The number of fused-ring (bicyclic) bond motifs is 1. The number of pyridine rings is 1. The highest BCUT2D eigenvalue weighted by molar-refractivity contribution is 5.91. The lowest BCUT2D eigenvalue weighted by molar-refractivity contribution is -0.105. The lowest BCUT2D eigenvalue weighted by Gasteiger charge is -2.19. The van der Waals surface area contributed by atoms with E-state index in [1.807, 2.05) is 24.3 Å². The number of nitrogens with one attached hydrogen (secondary N) is 2. The Bertz CT molecular complexity index is 1370. The van der Waals surface area contributed by atoms with E-state index in [9.17, 15) is 9.59 Å². The third kappa shape index (κ3) is 4.25. The van der Waals surface area contributed by atoms with Crippen LogP contribution in [0.25, 0.3) is 22.2 Å². The minimum absolute atomic E-state index is 0.0866. The van der Waals surface area contributed by atoms with Crippen LogP contribution in [-0.4, -0.2) is 34.2 Å². The standard InChI is InChI=1S/C25H24N4O4/c1-29-14-17(5-8-22(29)31)20-6-7-21-23(28-25(27-21)16-9-11-32-12-10-16)24(20)33-19-4-2-3-18(13-19)26-15-30/h2-8,13-16H,9-12H2,1H3,(H,26,30)(H,27,28). The Morgan fingerprint density at radius 3 is 2.82 bits per heavy atom. The number of amides is 1. The van der Waals surface area contributed by atoms with Crippen molar-refractivity contribution in [2.75, 3.05) is 18.5 Å². The number of anilines is 1. The normalized spacial score (nSPS) is 14.3. The van der Waals surface area contributed by atoms with E-state index in [-0.39, 0.29) is 5.56 Å². The second-order valence-corrected chi connectivity index (χ2v) is 8.11. The first kappa shape index (κ1) is 21.0. The number of aromatic amines is 1. The average Bonchev–Trinajstić information content (AvgIpc) is 3.27. The maximum Gasteiger partial charge on any atom is 0.250 e. The summed E-state index contributed by atoms with van der Waals surface area (Å²) in [7, 11) is 1.72. The van der Waals surface area contributed by atoms with E-state index in [0.29, 0.717) is 29.5 Å². The van der Waals surface area contributed by atoms with E-state index in [0.717, 1.165) is 54.0 Å². The van der Waals surface area contributed by atoms with Crippen LogP contribution in [0, 0.1) is 0 Å². The summed E-state index contributed by atoms with van der Waals surface area (Å²) in [6.07, 6.45) is 4.25. The number of ether oxygens (including phenoxy) is 2. The van der Waals surface area contributed by atoms with Gasteiger partial charge in [0.2, 0.25) is 12.0 Å². The molecule has 2 aromatic heterocycles. The molecule has 5 rings (SSSR count). The molecule has 168 valence electrons. The highest BCUT2D eigenvalue weighted by atomic mass is 16.5. The van der Waals surface area contributed by atoms with Crippen molar-refractivity contribution < 1.29 is 14.3 Å². The number of hydrogen-bond acceptors (Lipinski definition) is 5. The average molecular weight is 444 g/mol. The maximum absolute atomic E-state index is 11.9. The van der Waals surface area contributed by atoms with Crippen molar-refractivity contribution in [1.29, 1.82) is 0 Å². The summed E-state index contributed by atoms with van der Waals surface area (Å²) in [5.41, 5.74) is 3.79. The van der Waals surface area contributed by atoms with Crippen LogP contribution in [0.2, 0.25) is 0 Å². The van der Waals surface area contributed by atoms with E-state index in [1.54, 1.807) is 31.4 Å². The summed E-state index contributed by atoms with van der Waals surface area (Å²) in [6.45, 7) is 1.45. The highest BCUT2D eigenvalue weighted by Crippen LogP contribution is 2.40. The zero-order chi connectivity index (χ0) is 22.8. The van der Waals surface area contributed by atoms with Gasteiger partial charge in [-0.25, -0.2) is 4.98 Å². The molecule has 0 radical (unpaired) electrons. The van der Waals surface area contributed by atoms with E-state index < -0.39 is 0 Å². The molecule has 2 N–H and O–H groups in total. The van der Waals surface area contributed by atoms with Crippen molar-refractivity contribution in [2.24, 2.45) is 7.05 Å². The molecule has 1 amide bonds. The zero-order valence-electron chi connectivity index (χ0n) is 18.2. The van der Waals surface area contributed by atoms with E-state index >= 15 is 0 Å². The second kappa shape index (κ2) is 8.91. The Hall–Kier alpha value is -3.91. The fraction of sp³-hybridized carbons (Fsp3) is 0.240. The van der Waals surface area contributed by atoms with Crippen molar-refractivity contribution in [3.8, 4) is 22.6 Å². The monoisotopic (exact) mass is 444 g/mol. The second-order valence-electron chi connectivity index (χ2n) is 8.11. The quantitative estimate of drug-likeness (QED) is 0.435. The summed E-state index contributed by atoms with van der Waals surface area (Å²) in [6, 6.07) is 14.5. The van der Waals surface area contributed by atoms with Crippen LogP contribution in [0.5, 0.6) is 11.5 Å². The molecule has 33 heavy (non-hydrogen) atoms. The van der Waals surface area contributed by atoms with Gasteiger partial charge in [0.05, 0.1) is 5.52 Å². The van der Waals surface area contributed by atoms with Gasteiger partial charge in [0.15, 0.2) is 5.75 Å². The number of H-pyrrole nitrogens is 1. The van der Waals surface area contributed by atoms with Crippen LogP contribution in [0.1, 0.15) is 24.6 Å². The molecule has 0 atom stereocenters. The van der Waals surface area contributed by atoms with Gasteiger partial charge >= 0.3 is 0 Å². The number of nitrogens with zero attached hydrogens (tertiary/aromatic N) is 2. The van der Waals surface area contributed by atoms with Crippen molar-refractivity contribution in [3.05, 3.63) is 70.9 Å². The summed E-state index contributed by atoms with van der Waals surface area (Å²) >= 11 is 0. The topological polar surface area (TPSA) is 98.2 Å². The molecule has 0 spiro atoms. The van der Waals surface area contributed by atoms with E-state index in [1.165, 1.54) is 10.6 Å². The van der Waals surface area contributed by atoms with Gasteiger partial charge in [0.25, 0.3) is 0 Å². The Kier molecular flexibility index (Phi) is 5.66. The number of rotatable bonds is 6. The van der Waals surface area contributed by atoms with E-state index in [4.69, 9.17) is 14.5 Å². The molecule has 1 saturated heterocycles. The fourth-order valence-corrected chi connectivity index (χ4v) is 4.15. The number of hydrogen-bond donors (Lipinski definition) is 2. The molecule has 8 heteroatoms. The predicted molar refractivity (Wildman–Crippen MR) is 126 cm³/mol. The van der Waals surface area contributed by atoms with Gasteiger partial charge in [-0.15, -0.1) is 0 Å². The first-order valence-corrected chi connectivity index (χ1v) is 10.9. The molecular weight excluding hydrogens is 420 g/mol. The lowest BCUT2D eigenvalue weighted by Crippen LogP contribution is -2.15. The molecule has 8 nitrogen and oxygen atoms in total. The smallest absolute Gasteiger partial charge is 0.250 e. The molecule has 4 aromatic rings. The Morgan fingerprint density at radius 2 is 2.03 bits per heavy atom. The van der Waals surface area contributed by atoms with Gasteiger partial charge < -0.3 is 24.3 Å². The summed E-state index contributed by atoms with van der Waals surface area (Å²) < 4.78 is 13.4. The first-order valence-electron chi connectivity index (χ1n) is 10.9.